The van der Waals surface area contributed by atoms with E-state index in [-0.39, 0.29) is 0 Å². The predicted molar refractivity (Wildman–Crippen MR) is 45.9 cm³/mol. The number of likely N-dealkylation sites (N-methyl/N-ethyl adjacent to an activating group) is 1. The van der Waals surface area contributed by atoms with Crippen LogP contribution in [0.3, 0.4) is 0 Å². The molecule has 0 heterocycles. The Labute approximate surface area is 65.9 Å². The second kappa shape index (κ2) is 5.00. The van der Waals surface area contributed by atoms with Crippen LogP contribution < -0.4 is 0 Å². The van der Waals surface area contributed by atoms with E-state index in [0.29, 0.717) is 0 Å². The summed E-state index contributed by atoms with van der Waals surface area (Å²) in [6.45, 7) is 11.2. The Morgan fingerprint density at radius 2 is 1.89 bits per heavy atom. The summed E-state index contributed by atoms with van der Waals surface area (Å²) in [5.74, 6) is 0. The third kappa shape index (κ3) is 4.67. The van der Waals surface area contributed by atoms with Gasteiger partial charge in [-0.1, -0.05) is 36.4 Å². The molecule has 0 fully saturated rings. The van der Waals surface area contributed by atoms with Gasteiger partial charge in [0.25, 0.3) is 0 Å². The highest BCUT2D eigenvalue weighted by Gasteiger charge is 1.97. The molecule has 2 heteroatoms. The lowest BCUT2D eigenvalue weighted by molar-refractivity contribution is 0.336. The molecule has 0 saturated carbocycles. The Morgan fingerprint density at radius 1 is 1.44 bits per heavy atom. The minimum atomic E-state index is 0.965. The van der Waals surface area contributed by atoms with Crippen molar-refractivity contribution in [2.24, 2.45) is 0 Å². The summed E-state index contributed by atoms with van der Waals surface area (Å²) in [5, 5.41) is 0. The first-order chi connectivity index (χ1) is 4.20. The van der Waals surface area contributed by atoms with Gasteiger partial charge in [-0.2, -0.15) is 0 Å². The second-order valence-electron chi connectivity index (χ2n) is 1.98. The fourth-order valence-corrected chi connectivity index (χ4v) is 1.04. The smallest absolute Gasteiger partial charge is 0.0293 e. The largest absolute Gasteiger partial charge is 0.299 e. The van der Waals surface area contributed by atoms with Gasteiger partial charge in [0, 0.05) is 11.0 Å². The molecule has 0 rings (SSSR count). The van der Waals surface area contributed by atoms with Crippen molar-refractivity contribution < 1.29 is 0 Å². The molecule has 0 aromatic rings. The fourth-order valence-electron chi connectivity index (χ4n) is 0.690. The lowest BCUT2D eigenvalue weighted by atomic mass is 10.5. The lowest BCUT2D eigenvalue weighted by Gasteiger charge is -2.16. The van der Waals surface area contributed by atoms with Gasteiger partial charge >= 0.3 is 0 Å². The highest BCUT2D eigenvalue weighted by Crippen LogP contribution is 2.02. The molecule has 0 atom stereocenters. The van der Waals surface area contributed by atoms with Gasteiger partial charge in [0.05, 0.1) is 0 Å². The van der Waals surface area contributed by atoms with E-state index in [1.165, 1.54) is 0 Å². The van der Waals surface area contributed by atoms with Gasteiger partial charge < -0.3 is 0 Å². The molecule has 0 saturated heterocycles. The molecule has 9 heavy (non-hydrogen) atoms. The molecule has 0 unspecified atom stereocenters. The number of rotatable bonds is 4. The minimum absolute atomic E-state index is 0.965. The molecule has 0 aliphatic rings. The molecule has 0 spiro atoms. The second-order valence-corrected chi connectivity index (χ2v) is 3.10. The van der Waals surface area contributed by atoms with Gasteiger partial charge in [-0.3, -0.25) is 4.90 Å². The van der Waals surface area contributed by atoms with Crippen LogP contribution in [0.25, 0.3) is 0 Å². The molecule has 0 aromatic heterocycles. The van der Waals surface area contributed by atoms with Crippen LogP contribution in [0.4, 0.5) is 0 Å². The third-order valence-corrected chi connectivity index (χ3v) is 1.54. The van der Waals surface area contributed by atoms with Gasteiger partial charge in [0.2, 0.25) is 0 Å². The van der Waals surface area contributed by atoms with Crippen molar-refractivity contribution in [3.05, 3.63) is 11.1 Å². The molecule has 0 aliphatic heterocycles. The molecule has 0 aromatic carbocycles. The van der Waals surface area contributed by atoms with E-state index in [9.17, 15) is 0 Å². The Bertz CT molecular complexity index is 86.9. The van der Waals surface area contributed by atoms with Gasteiger partial charge in [0.15, 0.2) is 0 Å². The average Bonchev–Trinajstić information content (AvgIpc) is 1.82. The molecule has 0 aliphatic carbocycles. The van der Waals surface area contributed by atoms with Crippen LogP contribution in [0.5, 0.6) is 0 Å². The van der Waals surface area contributed by atoms with Crippen molar-refractivity contribution in [1.29, 1.82) is 0 Å². The third-order valence-electron chi connectivity index (χ3n) is 1.29. The maximum absolute atomic E-state index is 3.77. The summed E-state index contributed by atoms with van der Waals surface area (Å²) < 4.78 is 1.06. The topological polar surface area (TPSA) is 3.24 Å². The molecule has 0 amide bonds. The monoisotopic (exact) mass is 191 g/mol. The summed E-state index contributed by atoms with van der Waals surface area (Å²) >= 11 is 3.32. The maximum atomic E-state index is 3.77. The standard InChI is InChI=1S/C7H14BrN/c1-4-9(5-2)6-7(3)8/h3-6H2,1-2H3. The summed E-state index contributed by atoms with van der Waals surface area (Å²) in [5.41, 5.74) is 0. The van der Waals surface area contributed by atoms with Gasteiger partial charge in [-0.05, 0) is 13.1 Å². The van der Waals surface area contributed by atoms with E-state index < -0.39 is 0 Å². The summed E-state index contributed by atoms with van der Waals surface area (Å²) in [6, 6.07) is 0. The van der Waals surface area contributed by atoms with Crippen molar-refractivity contribution in [3.63, 3.8) is 0 Å². The molecular weight excluding hydrogens is 178 g/mol. The molecule has 0 bridgehead atoms. The number of hydrogen-bond donors (Lipinski definition) is 0. The Hall–Kier alpha value is 0.180. The van der Waals surface area contributed by atoms with Gasteiger partial charge in [-0.15, -0.1) is 0 Å². The summed E-state index contributed by atoms with van der Waals surface area (Å²) in [7, 11) is 0. The van der Waals surface area contributed by atoms with Crippen LogP contribution in [0.15, 0.2) is 11.1 Å². The number of nitrogens with zero attached hydrogens (tertiary/aromatic N) is 1. The van der Waals surface area contributed by atoms with Crippen LogP contribution in [0.1, 0.15) is 13.8 Å². The van der Waals surface area contributed by atoms with Crippen LogP contribution in [-0.4, -0.2) is 24.5 Å². The van der Waals surface area contributed by atoms with E-state index in [4.69, 9.17) is 0 Å². The van der Waals surface area contributed by atoms with E-state index in [0.717, 1.165) is 24.1 Å². The zero-order valence-corrected chi connectivity index (χ0v) is 7.74. The first kappa shape index (κ1) is 9.18. The molecule has 0 N–H and O–H groups in total. The quantitative estimate of drug-likeness (QED) is 0.660. The zero-order chi connectivity index (χ0) is 7.28. The normalized spacial score (nSPS) is 10.2. The SMILES string of the molecule is C=C(Br)CN(CC)CC. The highest BCUT2D eigenvalue weighted by atomic mass is 79.9. The Morgan fingerprint density at radius 3 is 2.00 bits per heavy atom. The summed E-state index contributed by atoms with van der Waals surface area (Å²) in [6.07, 6.45) is 0. The van der Waals surface area contributed by atoms with Crippen molar-refractivity contribution in [2.45, 2.75) is 13.8 Å². The maximum Gasteiger partial charge on any atom is 0.0293 e. The van der Waals surface area contributed by atoms with E-state index in [1.807, 2.05) is 0 Å². The molecule has 54 valence electrons. The van der Waals surface area contributed by atoms with Gasteiger partial charge in [-0.25, -0.2) is 0 Å². The van der Waals surface area contributed by atoms with Crippen molar-refractivity contribution in [1.82, 2.24) is 4.90 Å². The van der Waals surface area contributed by atoms with Crippen molar-refractivity contribution in [2.75, 3.05) is 19.6 Å². The highest BCUT2D eigenvalue weighted by molar-refractivity contribution is 9.11. The Kier molecular flexibility index (Phi) is 5.10. The lowest BCUT2D eigenvalue weighted by Crippen LogP contribution is -2.23. The van der Waals surface area contributed by atoms with E-state index in [2.05, 4.69) is 41.3 Å². The van der Waals surface area contributed by atoms with Crippen molar-refractivity contribution in [3.8, 4) is 0 Å². The van der Waals surface area contributed by atoms with Crippen molar-refractivity contribution >= 4 is 15.9 Å². The van der Waals surface area contributed by atoms with E-state index >= 15 is 0 Å². The van der Waals surface area contributed by atoms with Crippen LogP contribution in [-0.2, 0) is 0 Å². The van der Waals surface area contributed by atoms with E-state index in [1.54, 1.807) is 0 Å². The minimum Gasteiger partial charge on any atom is -0.299 e. The first-order valence-electron chi connectivity index (χ1n) is 3.26. The Balaban J connectivity index is 3.43. The number of hydrogen-bond acceptors (Lipinski definition) is 1. The van der Waals surface area contributed by atoms with Crippen LogP contribution in [0.2, 0.25) is 0 Å². The zero-order valence-electron chi connectivity index (χ0n) is 6.15. The first-order valence-corrected chi connectivity index (χ1v) is 4.05. The van der Waals surface area contributed by atoms with Crippen LogP contribution in [0, 0.1) is 0 Å². The predicted octanol–water partition coefficient (Wildman–Crippen LogP) is 2.24. The van der Waals surface area contributed by atoms with Gasteiger partial charge in [0.1, 0.15) is 0 Å². The molecule has 1 nitrogen and oxygen atoms in total. The fraction of sp³-hybridized carbons (Fsp3) is 0.714. The van der Waals surface area contributed by atoms with Crippen LogP contribution >= 0.6 is 15.9 Å². The molecule has 0 radical (unpaired) electrons. The number of halogens is 1. The summed E-state index contributed by atoms with van der Waals surface area (Å²) in [4.78, 5) is 2.30. The average molecular weight is 192 g/mol. The molecular formula is C7H14BrN.